The van der Waals surface area contributed by atoms with Crippen molar-refractivity contribution in [3.63, 3.8) is 0 Å². The zero-order valence-corrected chi connectivity index (χ0v) is 11.6. The second kappa shape index (κ2) is 7.09. The largest absolute Gasteiger partial charge is 0.369 e. The van der Waals surface area contributed by atoms with Crippen molar-refractivity contribution in [2.45, 2.75) is 19.4 Å². The number of nitrogens with two attached hydrogens (primary N) is 2. The number of primary amides is 1. The van der Waals surface area contributed by atoms with Crippen molar-refractivity contribution < 1.29 is 4.79 Å². The number of nitrogens with zero attached hydrogens (tertiary/aromatic N) is 1. The van der Waals surface area contributed by atoms with Gasteiger partial charge < -0.3 is 11.5 Å². The van der Waals surface area contributed by atoms with Gasteiger partial charge in [-0.15, -0.1) is 0 Å². The van der Waals surface area contributed by atoms with Crippen LogP contribution in [-0.4, -0.2) is 30.4 Å². The molecule has 1 amide bonds. The van der Waals surface area contributed by atoms with Gasteiger partial charge in [-0.05, 0) is 37.6 Å². The lowest BCUT2D eigenvalue weighted by Gasteiger charge is -2.30. The monoisotopic (exact) mass is 271 g/mol. The number of hydrogen-bond donors (Lipinski definition) is 2. The zero-order valence-electron chi connectivity index (χ0n) is 11.6. The van der Waals surface area contributed by atoms with Crippen LogP contribution in [0.3, 0.4) is 0 Å². The Balaban J connectivity index is 1.99. The van der Waals surface area contributed by atoms with Crippen LogP contribution in [0.15, 0.2) is 24.3 Å². The van der Waals surface area contributed by atoms with E-state index in [1.807, 2.05) is 18.2 Å². The molecule has 4 N–H and O–H groups in total. The molecule has 0 aliphatic carbocycles. The number of rotatable bonds is 3. The number of likely N-dealkylation sites (tertiary alicyclic amines) is 1. The Bertz CT molecular complexity index is 522. The van der Waals surface area contributed by atoms with Crippen LogP contribution in [-0.2, 0) is 11.3 Å². The highest BCUT2D eigenvalue weighted by Gasteiger charge is 2.23. The van der Waals surface area contributed by atoms with E-state index in [2.05, 4.69) is 22.8 Å². The second-order valence-corrected chi connectivity index (χ2v) is 5.12. The van der Waals surface area contributed by atoms with E-state index in [-0.39, 0.29) is 11.8 Å². The summed E-state index contributed by atoms with van der Waals surface area (Å²) in [4.78, 5) is 13.5. The normalized spacial score (nSPS) is 16.4. The zero-order chi connectivity index (χ0) is 14.4. The molecule has 1 aromatic rings. The summed E-state index contributed by atoms with van der Waals surface area (Å²) in [5.41, 5.74) is 13.0. The molecule has 0 radical (unpaired) electrons. The van der Waals surface area contributed by atoms with Crippen LogP contribution in [0.1, 0.15) is 24.0 Å². The van der Waals surface area contributed by atoms with E-state index < -0.39 is 0 Å². The van der Waals surface area contributed by atoms with Gasteiger partial charge in [0.2, 0.25) is 5.91 Å². The first kappa shape index (κ1) is 14.6. The van der Waals surface area contributed by atoms with Crippen LogP contribution in [0.5, 0.6) is 0 Å². The van der Waals surface area contributed by atoms with E-state index in [1.165, 1.54) is 5.56 Å². The van der Waals surface area contributed by atoms with Crippen molar-refractivity contribution in [3.05, 3.63) is 35.4 Å². The minimum absolute atomic E-state index is 0.0403. The molecule has 0 atom stereocenters. The van der Waals surface area contributed by atoms with E-state index >= 15 is 0 Å². The lowest BCUT2D eigenvalue weighted by Crippen LogP contribution is -2.38. The van der Waals surface area contributed by atoms with Gasteiger partial charge in [0.25, 0.3) is 0 Å². The third-order valence-electron chi connectivity index (χ3n) is 3.73. The summed E-state index contributed by atoms with van der Waals surface area (Å²) in [6.45, 7) is 3.05. The minimum Gasteiger partial charge on any atom is -0.369 e. The molecule has 0 spiro atoms. The van der Waals surface area contributed by atoms with Crippen molar-refractivity contribution in [1.82, 2.24) is 4.90 Å². The highest BCUT2D eigenvalue weighted by atomic mass is 16.1. The summed E-state index contributed by atoms with van der Waals surface area (Å²) in [7, 11) is 0. The Morgan fingerprint density at radius 2 is 2.00 bits per heavy atom. The summed E-state index contributed by atoms with van der Waals surface area (Å²) in [5.74, 6) is 5.89. The first-order valence-corrected chi connectivity index (χ1v) is 6.99. The molecular weight excluding hydrogens is 250 g/mol. The summed E-state index contributed by atoms with van der Waals surface area (Å²) in [5, 5.41) is 0. The predicted octanol–water partition coefficient (Wildman–Crippen LogP) is 0.694. The molecule has 1 aliphatic heterocycles. The second-order valence-electron chi connectivity index (χ2n) is 5.12. The molecule has 0 bridgehead atoms. The van der Waals surface area contributed by atoms with Crippen LogP contribution in [0.4, 0.5) is 0 Å². The summed E-state index contributed by atoms with van der Waals surface area (Å²) in [6, 6.07) is 8.14. The average molecular weight is 271 g/mol. The fraction of sp³-hybridized carbons (Fsp3) is 0.438. The smallest absolute Gasteiger partial charge is 0.220 e. The number of benzene rings is 1. The Hall–Kier alpha value is -1.83. The highest BCUT2D eigenvalue weighted by molar-refractivity contribution is 5.76. The molecule has 20 heavy (non-hydrogen) atoms. The van der Waals surface area contributed by atoms with E-state index in [9.17, 15) is 4.79 Å². The Labute approximate surface area is 120 Å². The van der Waals surface area contributed by atoms with Gasteiger partial charge in [-0.2, -0.15) is 0 Å². The van der Waals surface area contributed by atoms with E-state index in [1.54, 1.807) is 0 Å². The van der Waals surface area contributed by atoms with Gasteiger partial charge >= 0.3 is 0 Å². The number of piperidine rings is 1. The summed E-state index contributed by atoms with van der Waals surface area (Å²) in [6.07, 6.45) is 1.71. The molecule has 2 rings (SSSR count). The Kier molecular flexibility index (Phi) is 5.16. The highest BCUT2D eigenvalue weighted by Crippen LogP contribution is 2.19. The van der Waals surface area contributed by atoms with Gasteiger partial charge in [-0.1, -0.05) is 30.0 Å². The van der Waals surface area contributed by atoms with Crippen LogP contribution in [0, 0.1) is 17.8 Å². The van der Waals surface area contributed by atoms with Crippen LogP contribution in [0.25, 0.3) is 0 Å². The van der Waals surface area contributed by atoms with Gasteiger partial charge in [-0.25, -0.2) is 0 Å². The Morgan fingerprint density at radius 3 is 2.65 bits per heavy atom. The fourth-order valence-electron chi connectivity index (χ4n) is 2.54. The number of hydrogen-bond acceptors (Lipinski definition) is 3. The lowest BCUT2D eigenvalue weighted by molar-refractivity contribution is -0.123. The molecule has 4 nitrogen and oxygen atoms in total. The third kappa shape index (κ3) is 3.83. The predicted molar refractivity (Wildman–Crippen MR) is 79.6 cm³/mol. The van der Waals surface area contributed by atoms with E-state index in [4.69, 9.17) is 11.5 Å². The quantitative estimate of drug-likeness (QED) is 0.795. The molecule has 0 unspecified atom stereocenters. The lowest BCUT2D eigenvalue weighted by atomic mass is 9.95. The molecule has 106 valence electrons. The SMILES string of the molecule is NCC#Cc1ccccc1CN1CCC(C(N)=O)CC1. The molecule has 4 heteroatoms. The number of carbonyl (C=O) groups is 1. The average Bonchev–Trinajstić information content (AvgIpc) is 2.47. The number of amides is 1. The van der Waals surface area contributed by atoms with Crippen LogP contribution in [0.2, 0.25) is 0 Å². The summed E-state index contributed by atoms with van der Waals surface area (Å²) >= 11 is 0. The molecule has 0 aromatic heterocycles. The Morgan fingerprint density at radius 1 is 1.30 bits per heavy atom. The van der Waals surface area contributed by atoms with Crippen LogP contribution >= 0.6 is 0 Å². The molecule has 1 saturated heterocycles. The van der Waals surface area contributed by atoms with Crippen molar-refractivity contribution >= 4 is 5.91 Å². The maximum absolute atomic E-state index is 11.2. The van der Waals surface area contributed by atoms with Crippen molar-refractivity contribution in [1.29, 1.82) is 0 Å². The molecule has 0 saturated carbocycles. The van der Waals surface area contributed by atoms with Crippen molar-refractivity contribution in [2.24, 2.45) is 17.4 Å². The third-order valence-corrected chi connectivity index (χ3v) is 3.73. The molecule has 1 aliphatic rings. The van der Waals surface area contributed by atoms with Gasteiger partial charge in [-0.3, -0.25) is 9.69 Å². The maximum Gasteiger partial charge on any atom is 0.220 e. The van der Waals surface area contributed by atoms with Crippen molar-refractivity contribution in [3.8, 4) is 11.8 Å². The van der Waals surface area contributed by atoms with Crippen LogP contribution < -0.4 is 11.5 Å². The molecule has 1 aromatic carbocycles. The van der Waals surface area contributed by atoms with Gasteiger partial charge in [0.15, 0.2) is 0 Å². The first-order chi connectivity index (χ1) is 9.70. The molecule has 1 fully saturated rings. The topological polar surface area (TPSA) is 72.3 Å². The van der Waals surface area contributed by atoms with Gasteiger partial charge in [0.05, 0.1) is 6.54 Å². The minimum atomic E-state index is -0.168. The van der Waals surface area contributed by atoms with Gasteiger partial charge in [0.1, 0.15) is 0 Å². The van der Waals surface area contributed by atoms with Gasteiger partial charge in [0, 0.05) is 18.0 Å². The first-order valence-electron chi connectivity index (χ1n) is 6.99. The van der Waals surface area contributed by atoms with Crippen molar-refractivity contribution in [2.75, 3.05) is 19.6 Å². The molecular formula is C16H21N3O. The standard InChI is InChI=1S/C16H21N3O/c17-9-3-6-13-4-1-2-5-15(13)12-19-10-7-14(8-11-19)16(18)20/h1-2,4-5,14H,7-12,17H2,(H2,18,20). The van der Waals surface area contributed by atoms with E-state index in [0.717, 1.165) is 38.0 Å². The fourth-order valence-corrected chi connectivity index (χ4v) is 2.54. The molecule has 1 heterocycles. The number of carbonyl (C=O) groups excluding carboxylic acids is 1. The summed E-state index contributed by atoms with van der Waals surface area (Å²) < 4.78 is 0. The van der Waals surface area contributed by atoms with E-state index in [0.29, 0.717) is 6.54 Å². The maximum atomic E-state index is 11.2.